The fourth-order valence-electron chi connectivity index (χ4n) is 1.82. The van der Waals surface area contributed by atoms with Gasteiger partial charge in [0.25, 0.3) is 0 Å². The van der Waals surface area contributed by atoms with E-state index >= 15 is 0 Å². The summed E-state index contributed by atoms with van der Waals surface area (Å²) in [6, 6.07) is 12.8. The van der Waals surface area contributed by atoms with Crippen molar-refractivity contribution >= 4 is 0 Å². The van der Waals surface area contributed by atoms with Gasteiger partial charge in [-0.15, -0.1) is 0 Å². The minimum Gasteiger partial charge on any atom is -0.474 e. The molecule has 7 heteroatoms. The first-order valence-corrected chi connectivity index (χ1v) is 7.26. The number of aliphatic hydroxyl groups excluding tert-OH is 1. The summed E-state index contributed by atoms with van der Waals surface area (Å²) in [6.07, 6.45) is 4.43. The van der Waals surface area contributed by atoms with Crippen LogP contribution < -0.4 is 14.2 Å². The molecule has 0 aliphatic heterocycles. The second kappa shape index (κ2) is 7.89. The number of aromatic nitrogens is 3. The summed E-state index contributed by atoms with van der Waals surface area (Å²) in [6.45, 7) is 0.0464. The van der Waals surface area contributed by atoms with E-state index < -0.39 is 0 Å². The van der Waals surface area contributed by atoms with Gasteiger partial charge in [0, 0.05) is 6.07 Å². The van der Waals surface area contributed by atoms with Crippen molar-refractivity contribution in [2.75, 3.05) is 13.2 Å². The van der Waals surface area contributed by atoms with E-state index in [0.29, 0.717) is 17.4 Å². The van der Waals surface area contributed by atoms with Gasteiger partial charge in [0.05, 0.1) is 25.2 Å². The molecule has 2 heterocycles. The van der Waals surface area contributed by atoms with Crippen LogP contribution in [-0.2, 0) is 0 Å². The molecule has 0 saturated heterocycles. The third-order valence-corrected chi connectivity index (χ3v) is 2.83. The lowest BCUT2D eigenvalue weighted by Crippen LogP contribution is -2.03. The van der Waals surface area contributed by atoms with Gasteiger partial charge in [-0.3, -0.25) is 4.98 Å². The molecule has 0 radical (unpaired) electrons. The van der Waals surface area contributed by atoms with Gasteiger partial charge in [0.2, 0.25) is 17.6 Å². The maximum absolute atomic E-state index is 8.74. The van der Waals surface area contributed by atoms with Crippen molar-refractivity contribution in [1.29, 1.82) is 0 Å². The topological polar surface area (TPSA) is 86.6 Å². The van der Waals surface area contributed by atoms with Crippen LogP contribution in [0.25, 0.3) is 0 Å². The van der Waals surface area contributed by atoms with Crippen molar-refractivity contribution in [3.63, 3.8) is 0 Å². The van der Waals surface area contributed by atoms with Gasteiger partial charge < -0.3 is 19.3 Å². The molecular weight excluding hydrogens is 310 g/mol. The predicted molar refractivity (Wildman–Crippen MR) is 85.4 cm³/mol. The monoisotopic (exact) mass is 325 g/mol. The second-order valence-corrected chi connectivity index (χ2v) is 4.62. The third kappa shape index (κ3) is 4.40. The summed E-state index contributed by atoms with van der Waals surface area (Å²) >= 11 is 0. The maximum atomic E-state index is 8.74. The van der Waals surface area contributed by atoms with Crippen LogP contribution in [0.4, 0.5) is 0 Å². The molecule has 24 heavy (non-hydrogen) atoms. The molecule has 0 atom stereocenters. The van der Waals surface area contributed by atoms with Crippen molar-refractivity contribution < 1.29 is 19.3 Å². The van der Waals surface area contributed by atoms with Crippen LogP contribution in [0, 0.1) is 0 Å². The standard InChI is InChI=1S/C17H15N3O4/c21-8-9-22-16-11-18-12-17(20-16)24-14-6-7-15(19-10-14)23-13-4-2-1-3-5-13/h1-7,10-12,21H,8-9H2. The highest BCUT2D eigenvalue weighted by Gasteiger charge is 2.04. The summed E-state index contributed by atoms with van der Waals surface area (Å²) in [5.74, 6) is 2.20. The molecule has 1 N–H and O–H groups in total. The van der Waals surface area contributed by atoms with Gasteiger partial charge in [-0.05, 0) is 18.2 Å². The Morgan fingerprint density at radius 2 is 1.58 bits per heavy atom. The van der Waals surface area contributed by atoms with Crippen LogP contribution in [-0.4, -0.2) is 33.3 Å². The number of para-hydroxylation sites is 1. The molecule has 2 aromatic heterocycles. The first kappa shape index (κ1) is 15.7. The number of pyridine rings is 1. The van der Waals surface area contributed by atoms with E-state index in [2.05, 4.69) is 15.0 Å². The van der Waals surface area contributed by atoms with E-state index in [1.54, 1.807) is 12.1 Å². The molecule has 122 valence electrons. The lowest BCUT2D eigenvalue weighted by Gasteiger charge is -2.08. The first-order valence-electron chi connectivity index (χ1n) is 7.26. The van der Waals surface area contributed by atoms with E-state index in [-0.39, 0.29) is 25.0 Å². The lowest BCUT2D eigenvalue weighted by atomic mass is 10.3. The van der Waals surface area contributed by atoms with E-state index in [0.717, 1.165) is 0 Å². The number of ether oxygens (including phenoxy) is 3. The average Bonchev–Trinajstić information content (AvgIpc) is 2.63. The number of rotatable bonds is 7. The highest BCUT2D eigenvalue weighted by atomic mass is 16.5. The Morgan fingerprint density at radius 1 is 0.792 bits per heavy atom. The van der Waals surface area contributed by atoms with Crippen molar-refractivity contribution in [2.45, 2.75) is 0 Å². The van der Waals surface area contributed by atoms with Crippen molar-refractivity contribution in [3.05, 3.63) is 61.1 Å². The Hall–Kier alpha value is -3.19. The minimum atomic E-state index is -0.0977. The minimum absolute atomic E-state index is 0.0977. The third-order valence-electron chi connectivity index (χ3n) is 2.83. The first-order chi connectivity index (χ1) is 11.8. The van der Waals surface area contributed by atoms with Crippen molar-refractivity contribution in [3.8, 4) is 29.1 Å². The van der Waals surface area contributed by atoms with E-state index in [1.807, 2.05) is 30.3 Å². The Morgan fingerprint density at radius 3 is 2.33 bits per heavy atom. The Balaban J connectivity index is 1.64. The van der Waals surface area contributed by atoms with Gasteiger partial charge in [-0.25, -0.2) is 4.98 Å². The largest absolute Gasteiger partial charge is 0.474 e. The fourth-order valence-corrected chi connectivity index (χ4v) is 1.82. The van der Waals surface area contributed by atoms with Gasteiger partial charge in [0.1, 0.15) is 18.1 Å². The lowest BCUT2D eigenvalue weighted by molar-refractivity contribution is 0.195. The molecule has 3 rings (SSSR count). The van der Waals surface area contributed by atoms with Gasteiger partial charge in [0.15, 0.2) is 0 Å². The summed E-state index contributed by atoms with van der Waals surface area (Å²) in [5, 5.41) is 8.74. The zero-order valence-electron chi connectivity index (χ0n) is 12.7. The molecule has 0 unspecified atom stereocenters. The summed E-state index contributed by atoms with van der Waals surface area (Å²) < 4.78 is 16.4. The van der Waals surface area contributed by atoms with Gasteiger partial charge in [-0.1, -0.05) is 18.2 Å². The Kier molecular flexibility index (Phi) is 5.16. The van der Waals surface area contributed by atoms with Crippen LogP contribution >= 0.6 is 0 Å². The molecule has 7 nitrogen and oxygen atoms in total. The highest BCUT2D eigenvalue weighted by molar-refractivity contribution is 5.30. The van der Waals surface area contributed by atoms with Crippen LogP contribution in [0.15, 0.2) is 61.1 Å². The van der Waals surface area contributed by atoms with E-state index in [1.165, 1.54) is 18.6 Å². The normalized spacial score (nSPS) is 10.2. The van der Waals surface area contributed by atoms with Crippen molar-refractivity contribution in [1.82, 2.24) is 15.0 Å². The van der Waals surface area contributed by atoms with Crippen LogP contribution in [0.5, 0.6) is 29.1 Å². The zero-order valence-corrected chi connectivity index (χ0v) is 12.7. The Bertz CT molecular complexity index is 766. The molecular formula is C17H15N3O4. The molecule has 0 saturated carbocycles. The molecule has 0 aliphatic rings. The maximum Gasteiger partial charge on any atom is 0.241 e. The van der Waals surface area contributed by atoms with Crippen LogP contribution in [0.1, 0.15) is 0 Å². The summed E-state index contributed by atoms with van der Waals surface area (Å²) in [5.41, 5.74) is 0. The molecule has 0 aliphatic carbocycles. The predicted octanol–water partition coefficient (Wildman–Crippen LogP) is 2.83. The molecule has 3 aromatic rings. The number of aliphatic hydroxyl groups is 1. The summed E-state index contributed by atoms with van der Waals surface area (Å²) in [4.78, 5) is 12.3. The fraction of sp³-hybridized carbons (Fsp3) is 0.118. The molecule has 0 amide bonds. The number of nitrogens with zero attached hydrogens (tertiary/aromatic N) is 3. The van der Waals surface area contributed by atoms with Gasteiger partial charge >= 0.3 is 0 Å². The number of hydrogen-bond donors (Lipinski definition) is 1. The highest BCUT2D eigenvalue weighted by Crippen LogP contribution is 2.23. The molecule has 1 aromatic carbocycles. The zero-order chi connectivity index (χ0) is 16.6. The average molecular weight is 325 g/mol. The number of hydrogen-bond acceptors (Lipinski definition) is 7. The quantitative estimate of drug-likeness (QED) is 0.714. The van der Waals surface area contributed by atoms with Gasteiger partial charge in [-0.2, -0.15) is 4.98 Å². The van der Waals surface area contributed by atoms with Crippen LogP contribution in [0.3, 0.4) is 0 Å². The Labute approximate surface area is 138 Å². The summed E-state index contributed by atoms with van der Waals surface area (Å²) in [7, 11) is 0. The SMILES string of the molecule is OCCOc1cncc(Oc2ccc(Oc3ccccc3)nc2)n1. The van der Waals surface area contributed by atoms with Crippen LogP contribution in [0.2, 0.25) is 0 Å². The second-order valence-electron chi connectivity index (χ2n) is 4.62. The van der Waals surface area contributed by atoms with Crippen molar-refractivity contribution in [2.24, 2.45) is 0 Å². The molecule has 0 bridgehead atoms. The molecule has 0 spiro atoms. The van der Waals surface area contributed by atoms with E-state index in [9.17, 15) is 0 Å². The number of benzene rings is 1. The molecule has 0 fully saturated rings. The van der Waals surface area contributed by atoms with E-state index in [4.69, 9.17) is 19.3 Å². The smallest absolute Gasteiger partial charge is 0.241 e.